The van der Waals surface area contributed by atoms with Crippen LogP contribution >= 0.6 is 46.3 Å². The number of hydrogen-bond acceptors (Lipinski definition) is 5. The van der Waals surface area contributed by atoms with Crippen molar-refractivity contribution in [3.05, 3.63) is 68.1 Å². The Morgan fingerprint density at radius 1 is 1.06 bits per heavy atom. The molecule has 0 aliphatic rings. The van der Waals surface area contributed by atoms with Crippen LogP contribution in [0.15, 0.2) is 41.3 Å². The third kappa shape index (κ3) is 6.39. The molecule has 0 amide bonds. The SMILES string of the molecule is Cc1nc(-c2ccc(C(F)(F)F)cc2)sc1C(=O)CCc1ccc(SC(C)(C)C(=O)O)c(Cl)c1Cl. The number of aromatic nitrogens is 1. The first kappa shape index (κ1) is 27.5. The molecule has 35 heavy (non-hydrogen) atoms. The lowest BCUT2D eigenvalue weighted by molar-refractivity contribution is -0.139. The second kappa shape index (κ2) is 10.5. The van der Waals surface area contributed by atoms with E-state index < -0.39 is 22.5 Å². The number of benzene rings is 2. The molecule has 0 fully saturated rings. The number of carbonyl (C=O) groups excluding carboxylic acids is 1. The highest BCUT2D eigenvalue weighted by Crippen LogP contribution is 2.41. The van der Waals surface area contributed by atoms with Gasteiger partial charge in [0.25, 0.3) is 0 Å². The summed E-state index contributed by atoms with van der Waals surface area (Å²) in [6.07, 6.45) is -4.00. The minimum atomic E-state index is -4.42. The largest absolute Gasteiger partial charge is 0.480 e. The molecule has 4 nitrogen and oxygen atoms in total. The number of Topliss-reactive ketones (excluding diaryl/α,β-unsaturated/α-hetero) is 1. The maximum absolute atomic E-state index is 12.9. The van der Waals surface area contributed by atoms with Crippen LogP contribution in [0.5, 0.6) is 0 Å². The number of alkyl halides is 3. The van der Waals surface area contributed by atoms with Crippen LogP contribution in [-0.4, -0.2) is 26.6 Å². The Hall–Kier alpha value is -2.07. The van der Waals surface area contributed by atoms with Crippen LogP contribution in [0.2, 0.25) is 10.0 Å². The highest BCUT2D eigenvalue weighted by molar-refractivity contribution is 8.01. The van der Waals surface area contributed by atoms with E-state index in [-0.39, 0.29) is 22.2 Å². The molecule has 3 aromatic rings. The number of carbonyl (C=O) groups is 2. The maximum atomic E-state index is 12.9. The minimum absolute atomic E-state index is 0.124. The lowest BCUT2D eigenvalue weighted by Crippen LogP contribution is -2.26. The molecule has 1 aromatic heterocycles. The highest BCUT2D eigenvalue weighted by Gasteiger charge is 2.31. The zero-order valence-corrected chi connectivity index (χ0v) is 21.9. The van der Waals surface area contributed by atoms with Gasteiger partial charge in [-0.2, -0.15) is 13.2 Å². The number of aryl methyl sites for hydroxylation is 2. The number of nitrogens with zero attached hydrogens (tertiary/aromatic N) is 1. The Morgan fingerprint density at radius 3 is 2.26 bits per heavy atom. The zero-order chi connectivity index (χ0) is 26.1. The fourth-order valence-electron chi connectivity index (χ4n) is 3.10. The molecular weight excluding hydrogens is 542 g/mol. The van der Waals surface area contributed by atoms with E-state index in [9.17, 15) is 27.9 Å². The van der Waals surface area contributed by atoms with Gasteiger partial charge in [0, 0.05) is 16.9 Å². The van der Waals surface area contributed by atoms with Crippen molar-refractivity contribution in [3.8, 4) is 10.6 Å². The van der Waals surface area contributed by atoms with Crippen molar-refractivity contribution in [1.82, 2.24) is 4.98 Å². The normalized spacial score (nSPS) is 12.1. The summed E-state index contributed by atoms with van der Waals surface area (Å²) in [4.78, 5) is 29.6. The molecule has 186 valence electrons. The summed E-state index contributed by atoms with van der Waals surface area (Å²) in [6.45, 7) is 4.80. The Bertz CT molecular complexity index is 1270. The van der Waals surface area contributed by atoms with Crippen LogP contribution in [0.3, 0.4) is 0 Å². The van der Waals surface area contributed by atoms with Crippen LogP contribution < -0.4 is 0 Å². The molecule has 0 radical (unpaired) electrons. The maximum Gasteiger partial charge on any atom is 0.416 e. The van der Waals surface area contributed by atoms with Crippen LogP contribution in [0.4, 0.5) is 13.2 Å². The van der Waals surface area contributed by atoms with Crippen LogP contribution in [0, 0.1) is 6.92 Å². The molecule has 1 N–H and O–H groups in total. The first-order valence-corrected chi connectivity index (χ1v) is 12.7. The number of thiazole rings is 1. The van der Waals surface area contributed by atoms with E-state index >= 15 is 0 Å². The van der Waals surface area contributed by atoms with E-state index in [2.05, 4.69) is 4.98 Å². The Kier molecular flexibility index (Phi) is 8.26. The predicted molar refractivity (Wildman–Crippen MR) is 134 cm³/mol. The van der Waals surface area contributed by atoms with E-state index in [1.807, 2.05) is 0 Å². The highest BCUT2D eigenvalue weighted by atomic mass is 35.5. The average Bonchev–Trinajstić information content (AvgIpc) is 3.17. The Labute approximate surface area is 218 Å². The second-order valence-electron chi connectivity index (χ2n) is 8.20. The van der Waals surface area contributed by atoms with Crippen molar-refractivity contribution in [3.63, 3.8) is 0 Å². The molecule has 11 heteroatoms. The van der Waals surface area contributed by atoms with Gasteiger partial charge in [0.05, 0.1) is 26.2 Å². The van der Waals surface area contributed by atoms with Gasteiger partial charge in [-0.25, -0.2) is 4.98 Å². The van der Waals surface area contributed by atoms with Gasteiger partial charge in [-0.15, -0.1) is 23.1 Å². The summed E-state index contributed by atoms with van der Waals surface area (Å²) < 4.78 is 37.3. The summed E-state index contributed by atoms with van der Waals surface area (Å²) in [6, 6.07) is 8.04. The van der Waals surface area contributed by atoms with Crippen LogP contribution in [0.25, 0.3) is 10.6 Å². The molecule has 0 bridgehead atoms. The number of carboxylic acids is 1. The average molecular weight is 562 g/mol. The minimum Gasteiger partial charge on any atom is -0.480 e. The lowest BCUT2D eigenvalue weighted by Gasteiger charge is -2.20. The van der Waals surface area contributed by atoms with Crippen molar-refractivity contribution >= 4 is 58.1 Å². The van der Waals surface area contributed by atoms with Crippen molar-refractivity contribution in [2.75, 3.05) is 0 Å². The fourth-order valence-corrected chi connectivity index (χ4v) is 5.72. The van der Waals surface area contributed by atoms with E-state index in [0.717, 1.165) is 35.2 Å². The summed E-state index contributed by atoms with van der Waals surface area (Å²) in [5.74, 6) is -1.16. The van der Waals surface area contributed by atoms with Gasteiger partial charge in [0.2, 0.25) is 0 Å². The quantitative estimate of drug-likeness (QED) is 0.221. The molecule has 0 aliphatic carbocycles. The molecule has 0 saturated carbocycles. The summed E-state index contributed by atoms with van der Waals surface area (Å²) in [5, 5.41) is 10.3. The first-order chi connectivity index (χ1) is 16.2. The van der Waals surface area contributed by atoms with Crippen molar-refractivity contribution in [1.29, 1.82) is 0 Å². The predicted octanol–water partition coefficient (Wildman–Crippen LogP) is 8.21. The van der Waals surface area contributed by atoms with E-state index in [4.69, 9.17) is 23.2 Å². The number of aliphatic carboxylic acids is 1. The Morgan fingerprint density at radius 2 is 1.69 bits per heavy atom. The third-order valence-electron chi connectivity index (χ3n) is 5.14. The third-order valence-corrected chi connectivity index (χ3v) is 8.66. The van der Waals surface area contributed by atoms with Crippen LogP contribution in [0.1, 0.15) is 46.8 Å². The molecule has 3 rings (SSSR count). The standard InChI is InChI=1S/C24H20Cl2F3NO3S2/c1-12-20(34-21(30-12)14-4-8-15(9-5-14)24(27,28)29)16(31)10-6-13-7-11-17(19(26)18(13)25)35-23(2,3)22(32)33/h4-5,7-9,11H,6,10H2,1-3H3,(H,32,33). The topological polar surface area (TPSA) is 67.3 Å². The number of ketones is 1. The number of hydrogen-bond donors (Lipinski definition) is 1. The summed E-state index contributed by atoms with van der Waals surface area (Å²) in [7, 11) is 0. The smallest absolute Gasteiger partial charge is 0.416 e. The number of halogens is 5. The fraction of sp³-hybridized carbons (Fsp3) is 0.292. The van der Waals surface area contributed by atoms with Gasteiger partial charge in [-0.1, -0.05) is 41.4 Å². The van der Waals surface area contributed by atoms with Gasteiger partial charge in [0.1, 0.15) is 9.75 Å². The van der Waals surface area contributed by atoms with Crippen LogP contribution in [-0.2, 0) is 17.4 Å². The lowest BCUT2D eigenvalue weighted by atomic mass is 10.1. The number of rotatable bonds is 8. The summed E-state index contributed by atoms with van der Waals surface area (Å²) >= 11 is 15.0. The molecule has 1 heterocycles. The molecule has 0 unspecified atom stereocenters. The molecule has 2 aromatic carbocycles. The molecule has 0 atom stereocenters. The van der Waals surface area contributed by atoms with E-state index in [1.54, 1.807) is 32.9 Å². The molecule has 0 saturated heterocycles. The van der Waals surface area contributed by atoms with Crippen molar-refractivity contribution in [2.45, 2.75) is 49.4 Å². The van der Waals surface area contributed by atoms with Gasteiger partial charge in [0.15, 0.2) is 5.78 Å². The van der Waals surface area contributed by atoms with Gasteiger partial charge in [-0.05, 0) is 51.0 Å². The first-order valence-electron chi connectivity index (χ1n) is 10.3. The summed E-state index contributed by atoms with van der Waals surface area (Å²) in [5.41, 5.74) is 0.893. The molecule has 0 aliphatic heterocycles. The van der Waals surface area contributed by atoms with E-state index in [1.165, 1.54) is 12.1 Å². The molecule has 0 spiro atoms. The molecular formula is C24H20Cl2F3NO3S2. The number of carboxylic acid groups (broad SMARTS) is 1. The van der Waals surface area contributed by atoms with Gasteiger partial charge >= 0.3 is 12.1 Å². The van der Waals surface area contributed by atoms with Crippen molar-refractivity contribution < 1.29 is 27.9 Å². The monoisotopic (exact) mass is 561 g/mol. The van der Waals surface area contributed by atoms with Crippen molar-refractivity contribution in [2.24, 2.45) is 0 Å². The van der Waals surface area contributed by atoms with Gasteiger partial charge in [-0.3, -0.25) is 9.59 Å². The second-order valence-corrected chi connectivity index (χ2v) is 11.6. The Balaban J connectivity index is 1.73. The van der Waals surface area contributed by atoms with E-state index in [0.29, 0.717) is 38.0 Å². The zero-order valence-electron chi connectivity index (χ0n) is 18.8. The number of thioether (sulfide) groups is 1. The van der Waals surface area contributed by atoms with Gasteiger partial charge < -0.3 is 5.11 Å².